The maximum absolute atomic E-state index is 13.0. The van der Waals surface area contributed by atoms with E-state index in [1.165, 1.54) is 42.7 Å². The fourth-order valence-corrected chi connectivity index (χ4v) is 4.50. The molecule has 3 aromatic rings. The van der Waals surface area contributed by atoms with Gasteiger partial charge in [0, 0.05) is 26.2 Å². The summed E-state index contributed by atoms with van der Waals surface area (Å²) in [4.78, 5) is 14.8. The average Bonchev–Trinajstić information content (AvgIpc) is 3.44. The second-order valence-corrected chi connectivity index (χ2v) is 8.56. The molecule has 1 N–H and O–H groups in total. The fourth-order valence-electron chi connectivity index (χ4n) is 3.67. The number of halogens is 3. The van der Waals surface area contributed by atoms with Gasteiger partial charge in [-0.25, -0.2) is 0 Å². The molecular weight excluding hydrogens is 473 g/mol. The van der Waals surface area contributed by atoms with Crippen LogP contribution in [0, 0.1) is 5.95 Å². The molecule has 4 rings (SSSR count). The molecule has 0 saturated carbocycles. The number of benzene rings is 1. The van der Waals surface area contributed by atoms with Gasteiger partial charge in [-0.1, -0.05) is 23.5 Å². The number of Topliss-reactive ketones (excluding diaryl/α,β-unsaturated/α-hetero) is 1. The molecule has 0 bridgehead atoms. The molecular formula is C21H21F3N6O3S. The minimum atomic E-state index is -2.96. The highest BCUT2D eigenvalue weighted by atomic mass is 32.1. The van der Waals surface area contributed by atoms with E-state index in [2.05, 4.69) is 30.4 Å². The van der Waals surface area contributed by atoms with Crippen molar-refractivity contribution in [3.63, 3.8) is 0 Å². The van der Waals surface area contributed by atoms with Gasteiger partial charge in [-0.3, -0.25) is 4.79 Å². The van der Waals surface area contributed by atoms with Crippen molar-refractivity contribution >= 4 is 28.1 Å². The van der Waals surface area contributed by atoms with E-state index in [4.69, 9.17) is 4.74 Å². The van der Waals surface area contributed by atoms with E-state index in [0.717, 1.165) is 13.0 Å². The van der Waals surface area contributed by atoms with E-state index >= 15 is 0 Å². The molecule has 13 heteroatoms. The van der Waals surface area contributed by atoms with Gasteiger partial charge < -0.3 is 19.7 Å². The van der Waals surface area contributed by atoms with Crippen molar-refractivity contribution in [1.82, 2.24) is 20.4 Å². The Morgan fingerprint density at radius 2 is 2.09 bits per heavy atom. The summed E-state index contributed by atoms with van der Waals surface area (Å²) in [6.45, 7) is -1.60. The molecule has 1 aromatic carbocycles. The Morgan fingerprint density at radius 1 is 1.24 bits per heavy atom. The zero-order valence-electron chi connectivity index (χ0n) is 18.0. The molecule has 0 unspecified atom stereocenters. The Hall–Kier alpha value is -3.32. The van der Waals surface area contributed by atoms with Gasteiger partial charge in [0.2, 0.25) is 11.1 Å². The highest BCUT2D eigenvalue weighted by molar-refractivity contribution is 7.15. The van der Waals surface area contributed by atoms with Crippen LogP contribution in [0.25, 0.3) is 0 Å². The molecule has 9 nitrogen and oxygen atoms in total. The first-order valence-corrected chi connectivity index (χ1v) is 11.2. The summed E-state index contributed by atoms with van der Waals surface area (Å²) in [5.41, 5.74) is 0.406. The lowest BCUT2D eigenvalue weighted by molar-refractivity contribution is -0.128. The Labute approximate surface area is 196 Å². The van der Waals surface area contributed by atoms with Gasteiger partial charge >= 0.3 is 6.61 Å². The summed E-state index contributed by atoms with van der Waals surface area (Å²) in [6.07, 6.45) is -0.170. The van der Waals surface area contributed by atoms with E-state index < -0.39 is 18.7 Å². The molecule has 0 aliphatic carbocycles. The summed E-state index contributed by atoms with van der Waals surface area (Å²) >= 11 is 1.25. The van der Waals surface area contributed by atoms with Gasteiger partial charge in [-0.05, 0) is 36.2 Å². The SMILES string of the molecule is CO[C@@H](C(=O)Cc1nnc(N[C@@H]2CCN(c3ccc(F)nn3)C2)s1)c1cccc(OC(F)F)c1. The van der Waals surface area contributed by atoms with Crippen molar-refractivity contribution in [2.75, 3.05) is 30.4 Å². The third-order valence-electron chi connectivity index (χ3n) is 5.16. The number of aromatic nitrogens is 4. The Balaban J connectivity index is 1.34. The van der Waals surface area contributed by atoms with Crippen molar-refractivity contribution in [2.24, 2.45) is 0 Å². The van der Waals surface area contributed by atoms with Crippen LogP contribution in [-0.2, 0) is 16.0 Å². The largest absolute Gasteiger partial charge is 0.435 e. The topological polar surface area (TPSA) is 102 Å². The Kier molecular flexibility index (Phi) is 7.53. The molecule has 1 fully saturated rings. The molecule has 2 atom stereocenters. The molecule has 0 amide bonds. The minimum Gasteiger partial charge on any atom is -0.435 e. The number of methoxy groups -OCH3 is 1. The quantitative estimate of drug-likeness (QED) is 0.455. The van der Waals surface area contributed by atoms with Crippen LogP contribution in [0.2, 0.25) is 0 Å². The molecule has 1 aliphatic heterocycles. The van der Waals surface area contributed by atoms with E-state index in [9.17, 15) is 18.0 Å². The maximum Gasteiger partial charge on any atom is 0.387 e. The number of hydrogen-bond acceptors (Lipinski definition) is 10. The normalized spacial score (nSPS) is 16.6. The molecule has 1 aliphatic rings. The molecule has 0 radical (unpaired) electrons. The number of carbonyl (C=O) groups is 1. The number of nitrogens with one attached hydrogen (secondary N) is 1. The maximum atomic E-state index is 13.0. The summed E-state index contributed by atoms with van der Waals surface area (Å²) in [7, 11) is 1.37. The van der Waals surface area contributed by atoms with Crippen LogP contribution in [0.3, 0.4) is 0 Å². The van der Waals surface area contributed by atoms with Gasteiger partial charge in [0.15, 0.2) is 11.6 Å². The highest BCUT2D eigenvalue weighted by Crippen LogP contribution is 2.27. The second-order valence-electron chi connectivity index (χ2n) is 7.50. The van der Waals surface area contributed by atoms with E-state index in [1.807, 2.05) is 4.90 Å². The fraction of sp³-hybridized carbons (Fsp3) is 0.381. The third-order valence-corrected chi connectivity index (χ3v) is 6.02. The lowest BCUT2D eigenvalue weighted by Crippen LogP contribution is -2.26. The van der Waals surface area contributed by atoms with Crippen LogP contribution in [0.5, 0.6) is 5.75 Å². The van der Waals surface area contributed by atoms with Crippen molar-refractivity contribution in [3.05, 3.63) is 52.9 Å². The average molecular weight is 494 g/mol. The molecule has 1 saturated heterocycles. The lowest BCUT2D eigenvalue weighted by Gasteiger charge is -2.16. The van der Waals surface area contributed by atoms with E-state index in [0.29, 0.717) is 28.1 Å². The lowest BCUT2D eigenvalue weighted by atomic mass is 10.0. The number of nitrogens with zero attached hydrogens (tertiary/aromatic N) is 5. The van der Waals surface area contributed by atoms with E-state index in [1.54, 1.807) is 12.1 Å². The smallest absolute Gasteiger partial charge is 0.387 e. The van der Waals surface area contributed by atoms with Crippen molar-refractivity contribution in [2.45, 2.75) is 31.6 Å². The first kappa shape index (κ1) is 23.8. The van der Waals surface area contributed by atoms with E-state index in [-0.39, 0.29) is 24.0 Å². The van der Waals surface area contributed by atoms with Crippen LogP contribution in [-0.4, -0.2) is 59.0 Å². The number of rotatable bonds is 10. The summed E-state index contributed by atoms with van der Waals surface area (Å²) in [5.74, 6) is -0.371. The third kappa shape index (κ3) is 5.97. The van der Waals surface area contributed by atoms with Crippen molar-refractivity contribution < 1.29 is 27.4 Å². The van der Waals surface area contributed by atoms with Crippen LogP contribution >= 0.6 is 11.3 Å². The number of carbonyl (C=O) groups excluding carboxylic acids is 1. The Morgan fingerprint density at radius 3 is 2.82 bits per heavy atom. The van der Waals surface area contributed by atoms with Crippen LogP contribution in [0.4, 0.5) is 24.1 Å². The summed E-state index contributed by atoms with van der Waals surface area (Å²) in [5, 5.41) is 19.9. The molecule has 34 heavy (non-hydrogen) atoms. The van der Waals surface area contributed by atoms with Gasteiger partial charge in [-0.2, -0.15) is 13.2 Å². The zero-order chi connectivity index (χ0) is 24.1. The van der Waals surface area contributed by atoms with Gasteiger partial charge in [-0.15, -0.1) is 20.4 Å². The number of hydrogen-bond donors (Lipinski definition) is 1. The number of alkyl halides is 2. The number of anilines is 2. The molecule has 0 spiro atoms. The highest BCUT2D eigenvalue weighted by Gasteiger charge is 2.26. The monoisotopic (exact) mass is 494 g/mol. The Bertz CT molecular complexity index is 1120. The first-order chi connectivity index (χ1) is 16.4. The molecule has 180 valence electrons. The summed E-state index contributed by atoms with van der Waals surface area (Å²) < 4.78 is 47.7. The second kappa shape index (κ2) is 10.7. The standard InChI is InChI=1S/C21H21F3N6O3S/c1-32-19(12-3-2-4-14(9-12)33-20(23)24)15(31)10-18-28-29-21(34-18)25-13-7-8-30(11-13)17-6-5-16(22)26-27-17/h2-6,9,13,19-20H,7-8,10-11H2,1H3,(H,25,29)/t13-,19-/m1/s1. The van der Waals surface area contributed by atoms with Gasteiger partial charge in [0.05, 0.1) is 6.42 Å². The van der Waals surface area contributed by atoms with Crippen LogP contribution < -0.4 is 15.0 Å². The molecule has 2 aromatic heterocycles. The molecule has 3 heterocycles. The predicted molar refractivity (Wildman–Crippen MR) is 118 cm³/mol. The number of ketones is 1. The van der Waals surface area contributed by atoms with Gasteiger partial charge in [0.25, 0.3) is 0 Å². The van der Waals surface area contributed by atoms with Crippen LogP contribution in [0.15, 0.2) is 36.4 Å². The minimum absolute atomic E-state index is 0.0280. The summed E-state index contributed by atoms with van der Waals surface area (Å²) in [6, 6.07) is 8.78. The number of ether oxygens (including phenoxy) is 2. The van der Waals surface area contributed by atoms with Crippen LogP contribution in [0.1, 0.15) is 23.1 Å². The van der Waals surface area contributed by atoms with Gasteiger partial charge in [0.1, 0.15) is 16.9 Å². The predicted octanol–water partition coefficient (Wildman–Crippen LogP) is 3.26. The first-order valence-electron chi connectivity index (χ1n) is 10.3. The van der Waals surface area contributed by atoms with Crippen molar-refractivity contribution in [3.8, 4) is 5.75 Å². The van der Waals surface area contributed by atoms with Crippen molar-refractivity contribution in [1.29, 1.82) is 0 Å². The zero-order valence-corrected chi connectivity index (χ0v) is 18.8.